The van der Waals surface area contributed by atoms with Crippen LogP contribution < -0.4 is 10.1 Å². The molecule has 1 aromatic rings. The maximum atomic E-state index is 8.50. The van der Waals surface area contributed by atoms with Crippen LogP contribution in [0.1, 0.15) is 45.6 Å². The highest BCUT2D eigenvalue weighted by Crippen LogP contribution is 2.35. The normalized spacial score (nSPS) is 11.2. The molecular weight excluding hydrogens is 396 g/mol. The first kappa shape index (κ1) is 18.5. The predicted octanol–water partition coefficient (Wildman–Crippen LogP) is 5.17. The van der Waals surface area contributed by atoms with Gasteiger partial charge in [-0.15, -0.1) is 0 Å². The number of hydrogen-bond donors (Lipinski definition) is 1. The molecule has 0 aliphatic carbocycles. The van der Waals surface area contributed by atoms with Crippen molar-refractivity contribution >= 4 is 31.9 Å². The standard InChI is InChI=1S/C16H22Br2N2O/c1-16(2,3)20-11-12-9-13(17)15(14(18)10-12)21-8-6-4-5-7-19/h9-10,20H,4-6,8,11H2,1-3H3. The summed E-state index contributed by atoms with van der Waals surface area (Å²) >= 11 is 7.13. The van der Waals surface area contributed by atoms with E-state index >= 15 is 0 Å². The SMILES string of the molecule is CC(C)(C)NCc1cc(Br)c(OCCCCC#N)c(Br)c1. The summed E-state index contributed by atoms with van der Waals surface area (Å²) < 4.78 is 7.69. The molecule has 5 heteroatoms. The van der Waals surface area contributed by atoms with E-state index in [0.29, 0.717) is 13.0 Å². The largest absolute Gasteiger partial charge is 0.491 e. The Balaban J connectivity index is 2.61. The Bertz CT molecular complexity index is 481. The quantitative estimate of drug-likeness (QED) is 0.622. The Morgan fingerprint density at radius 1 is 1.19 bits per heavy atom. The molecule has 0 bridgehead atoms. The number of unbranched alkanes of at least 4 members (excludes halogenated alkanes) is 2. The molecule has 0 saturated carbocycles. The van der Waals surface area contributed by atoms with Crippen molar-refractivity contribution in [3.63, 3.8) is 0 Å². The first-order chi connectivity index (χ1) is 9.83. The summed E-state index contributed by atoms with van der Waals surface area (Å²) in [6, 6.07) is 6.30. The predicted molar refractivity (Wildman–Crippen MR) is 93.4 cm³/mol. The molecule has 21 heavy (non-hydrogen) atoms. The van der Waals surface area contributed by atoms with Gasteiger partial charge in [0.05, 0.1) is 21.6 Å². The number of nitriles is 1. The Hall–Kier alpha value is -0.570. The van der Waals surface area contributed by atoms with Gasteiger partial charge in [-0.2, -0.15) is 5.26 Å². The fraction of sp³-hybridized carbons (Fsp3) is 0.562. The summed E-state index contributed by atoms with van der Waals surface area (Å²) in [5.74, 6) is 0.825. The molecule has 1 aromatic carbocycles. The molecule has 116 valence electrons. The number of hydrogen-bond acceptors (Lipinski definition) is 3. The van der Waals surface area contributed by atoms with Gasteiger partial charge in [0.15, 0.2) is 0 Å². The van der Waals surface area contributed by atoms with Crippen molar-refractivity contribution in [1.82, 2.24) is 5.32 Å². The summed E-state index contributed by atoms with van der Waals surface area (Å²) in [6.45, 7) is 7.88. The first-order valence-electron chi connectivity index (χ1n) is 7.06. The van der Waals surface area contributed by atoms with Crippen molar-refractivity contribution in [3.8, 4) is 11.8 Å². The van der Waals surface area contributed by atoms with Crippen LogP contribution in [-0.2, 0) is 6.54 Å². The lowest BCUT2D eigenvalue weighted by molar-refractivity contribution is 0.303. The molecule has 3 nitrogen and oxygen atoms in total. The third kappa shape index (κ3) is 7.30. The fourth-order valence-electron chi connectivity index (χ4n) is 1.70. The smallest absolute Gasteiger partial charge is 0.147 e. The molecule has 0 amide bonds. The summed E-state index contributed by atoms with van der Waals surface area (Å²) in [7, 11) is 0. The van der Waals surface area contributed by atoms with Crippen molar-refractivity contribution < 1.29 is 4.74 Å². The van der Waals surface area contributed by atoms with Crippen LogP contribution in [-0.4, -0.2) is 12.1 Å². The second-order valence-electron chi connectivity index (χ2n) is 5.96. The number of nitrogens with zero attached hydrogens (tertiary/aromatic N) is 1. The van der Waals surface area contributed by atoms with Gasteiger partial charge in [0.25, 0.3) is 0 Å². The molecule has 1 rings (SSSR count). The molecule has 0 aliphatic rings. The lowest BCUT2D eigenvalue weighted by Gasteiger charge is -2.21. The van der Waals surface area contributed by atoms with Gasteiger partial charge < -0.3 is 10.1 Å². The topological polar surface area (TPSA) is 45.0 Å². The van der Waals surface area contributed by atoms with E-state index in [9.17, 15) is 0 Å². The van der Waals surface area contributed by atoms with Gasteiger partial charge in [0.1, 0.15) is 5.75 Å². The monoisotopic (exact) mass is 416 g/mol. The summed E-state index contributed by atoms with van der Waals surface area (Å²) in [5.41, 5.74) is 1.29. The van der Waals surface area contributed by atoms with Crippen LogP contribution in [0.3, 0.4) is 0 Å². The zero-order valence-corrected chi connectivity index (χ0v) is 16.0. The van der Waals surface area contributed by atoms with Crippen molar-refractivity contribution in [3.05, 3.63) is 26.6 Å². The highest BCUT2D eigenvalue weighted by atomic mass is 79.9. The van der Waals surface area contributed by atoms with E-state index in [2.05, 4.69) is 76.1 Å². The molecule has 0 spiro atoms. The van der Waals surface area contributed by atoms with Gasteiger partial charge >= 0.3 is 0 Å². The third-order valence-corrected chi connectivity index (χ3v) is 3.99. The van der Waals surface area contributed by atoms with Crippen LogP contribution in [0, 0.1) is 11.3 Å². The Labute approximate surface area is 144 Å². The molecule has 0 fully saturated rings. The van der Waals surface area contributed by atoms with Gasteiger partial charge in [0, 0.05) is 18.5 Å². The number of ether oxygens (including phenoxy) is 1. The molecule has 1 N–H and O–H groups in total. The molecule has 0 heterocycles. The zero-order valence-electron chi connectivity index (χ0n) is 12.8. The van der Waals surface area contributed by atoms with E-state index in [0.717, 1.165) is 34.1 Å². The second kappa shape index (κ2) is 8.77. The van der Waals surface area contributed by atoms with Gasteiger partial charge in [-0.25, -0.2) is 0 Å². The maximum Gasteiger partial charge on any atom is 0.147 e. The number of halogens is 2. The molecular formula is C16H22Br2N2O. The fourth-order valence-corrected chi connectivity index (χ4v) is 3.21. The highest BCUT2D eigenvalue weighted by Gasteiger charge is 2.12. The number of nitrogens with one attached hydrogen (secondary N) is 1. The third-order valence-electron chi connectivity index (χ3n) is 2.81. The number of rotatable bonds is 7. The summed E-state index contributed by atoms with van der Waals surface area (Å²) in [5, 5.41) is 12.0. The lowest BCUT2D eigenvalue weighted by Crippen LogP contribution is -2.35. The molecule has 0 aromatic heterocycles. The Morgan fingerprint density at radius 3 is 2.33 bits per heavy atom. The van der Waals surface area contributed by atoms with Crippen LogP contribution in [0.2, 0.25) is 0 Å². The minimum Gasteiger partial charge on any atom is -0.491 e. The summed E-state index contributed by atoms with van der Waals surface area (Å²) in [4.78, 5) is 0. The van der Waals surface area contributed by atoms with Gasteiger partial charge in [-0.05, 0) is 83.2 Å². The molecule has 0 saturated heterocycles. The van der Waals surface area contributed by atoms with Crippen molar-refractivity contribution in [2.45, 2.75) is 52.1 Å². The van der Waals surface area contributed by atoms with E-state index in [1.165, 1.54) is 5.56 Å². The van der Waals surface area contributed by atoms with E-state index in [-0.39, 0.29) is 5.54 Å². The average molecular weight is 418 g/mol. The molecule has 0 atom stereocenters. The second-order valence-corrected chi connectivity index (χ2v) is 7.66. The van der Waals surface area contributed by atoms with Gasteiger partial charge in [0.2, 0.25) is 0 Å². The van der Waals surface area contributed by atoms with E-state index in [1.807, 2.05) is 0 Å². The minimum absolute atomic E-state index is 0.0921. The molecule has 0 unspecified atom stereocenters. The van der Waals surface area contributed by atoms with Crippen LogP contribution in [0.4, 0.5) is 0 Å². The minimum atomic E-state index is 0.0921. The number of benzene rings is 1. The van der Waals surface area contributed by atoms with E-state index in [4.69, 9.17) is 10.00 Å². The van der Waals surface area contributed by atoms with E-state index in [1.54, 1.807) is 0 Å². The van der Waals surface area contributed by atoms with Gasteiger partial charge in [-0.3, -0.25) is 0 Å². The molecule has 0 aliphatic heterocycles. The van der Waals surface area contributed by atoms with Crippen LogP contribution >= 0.6 is 31.9 Å². The lowest BCUT2D eigenvalue weighted by atomic mass is 10.1. The Morgan fingerprint density at radius 2 is 1.81 bits per heavy atom. The van der Waals surface area contributed by atoms with Crippen LogP contribution in [0.15, 0.2) is 21.1 Å². The van der Waals surface area contributed by atoms with Crippen LogP contribution in [0.25, 0.3) is 0 Å². The zero-order chi connectivity index (χ0) is 15.9. The summed E-state index contributed by atoms with van der Waals surface area (Å²) in [6.07, 6.45) is 2.35. The highest BCUT2D eigenvalue weighted by molar-refractivity contribution is 9.11. The average Bonchev–Trinajstić information content (AvgIpc) is 2.38. The molecule has 0 radical (unpaired) electrons. The van der Waals surface area contributed by atoms with Crippen molar-refractivity contribution in [1.29, 1.82) is 5.26 Å². The van der Waals surface area contributed by atoms with Crippen molar-refractivity contribution in [2.24, 2.45) is 0 Å². The van der Waals surface area contributed by atoms with Crippen molar-refractivity contribution in [2.75, 3.05) is 6.61 Å². The first-order valence-corrected chi connectivity index (χ1v) is 8.65. The Kier molecular flexibility index (Phi) is 7.72. The maximum absolute atomic E-state index is 8.50. The van der Waals surface area contributed by atoms with Gasteiger partial charge in [-0.1, -0.05) is 0 Å². The van der Waals surface area contributed by atoms with E-state index < -0.39 is 0 Å². The van der Waals surface area contributed by atoms with Crippen LogP contribution in [0.5, 0.6) is 5.75 Å².